The summed E-state index contributed by atoms with van der Waals surface area (Å²) in [6, 6.07) is 4.27. The number of hydrogen-bond donors (Lipinski definition) is 0. The van der Waals surface area contributed by atoms with Crippen LogP contribution in [0.25, 0.3) is 5.69 Å². The van der Waals surface area contributed by atoms with Crippen LogP contribution in [0.5, 0.6) is 0 Å². The van der Waals surface area contributed by atoms with Crippen molar-refractivity contribution in [3.63, 3.8) is 0 Å². The molecule has 1 aromatic carbocycles. The summed E-state index contributed by atoms with van der Waals surface area (Å²) in [5.74, 6) is -0.394. The molecule has 1 aliphatic rings. The van der Waals surface area contributed by atoms with Gasteiger partial charge in [-0.3, -0.25) is 4.79 Å². The number of aryl methyl sites for hydroxylation is 1. The van der Waals surface area contributed by atoms with Crippen molar-refractivity contribution in [2.24, 2.45) is 0 Å². The van der Waals surface area contributed by atoms with E-state index >= 15 is 0 Å². The first-order chi connectivity index (χ1) is 8.79. The van der Waals surface area contributed by atoms with Gasteiger partial charge in [-0.15, -0.1) is 0 Å². The molecule has 18 heavy (non-hydrogen) atoms. The fraction of sp³-hybridized carbons (Fsp3) is 0.286. The molecular weight excluding hydrogens is 231 g/mol. The zero-order chi connectivity index (χ0) is 12.5. The third kappa shape index (κ3) is 1.74. The molecule has 0 bridgehead atoms. The van der Waals surface area contributed by atoms with Gasteiger partial charge in [0.05, 0.1) is 17.7 Å². The Labute approximate surface area is 104 Å². The third-order valence-electron chi connectivity index (χ3n) is 3.41. The van der Waals surface area contributed by atoms with E-state index in [9.17, 15) is 9.18 Å². The lowest BCUT2D eigenvalue weighted by atomic mass is 10.0. The number of fused-ring (bicyclic) bond motifs is 1. The number of nitrogens with zero attached hydrogens (tertiary/aromatic N) is 2. The molecule has 3 nitrogen and oxygen atoms in total. The second kappa shape index (κ2) is 4.37. The monoisotopic (exact) mass is 244 g/mol. The second-order valence-corrected chi connectivity index (χ2v) is 4.54. The van der Waals surface area contributed by atoms with Crippen LogP contribution in [0.1, 0.15) is 34.6 Å². The quantitative estimate of drug-likeness (QED) is 0.761. The van der Waals surface area contributed by atoms with E-state index in [1.54, 1.807) is 12.4 Å². The van der Waals surface area contributed by atoms with E-state index < -0.39 is 5.82 Å². The largest absolute Gasteiger partial charge is 0.302 e. The van der Waals surface area contributed by atoms with E-state index in [1.165, 1.54) is 12.1 Å². The van der Waals surface area contributed by atoms with Gasteiger partial charge in [-0.25, -0.2) is 9.37 Å². The zero-order valence-corrected chi connectivity index (χ0v) is 9.90. The molecule has 3 rings (SSSR count). The van der Waals surface area contributed by atoms with Gasteiger partial charge in [0.2, 0.25) is 0 Å². The molecule has 0 atom stereocenters. The van der Waals surface area contributed by atoms with Crippen LogP contribution in [-0.4, -0.2) is 15.8 Å². The van der Waals surface area contributed by atoms with Crippen LogP contribution in [0.3, 0.4) is 0 Å². The van der Waals surface area contributed by atoms with Crippen molar-refractivity contribution >= 4 is 6.29 Å². The SMILES string of the molecule is O=Cc1cc(F)ccc1-n1cnc2c1CCCC2. The average molecular weight is 244 g/mol. The smallest absolute Gasteiger partial charge is 0.152 e. The Kier molecular flexibility index (Phi) is 2.70. The number of carbonyl (C=O) groups excluding carboxylic acids is 1. The zero-order valence-electron chi connectivity index (χ0n) is 9.90. The molecule has 2 aromatic rings. The number of imidazole rings is 1. The van der Waals surface area contributed by atoms with Crippen LogP contribution in [-0.2, 0) is 12.8 Å². The standard InChI is InChI=1S/C14H13FN2O/c15-11-5-6-13(10(7-11)8-18)17-9-16-12-3-1-2-4-14(12)17/h5-9H,1-4H2. The molecule has 1 aromatic heterocycles. The molecule has 1 heterocycles. The Balaban J connectivity index is 2.15. The number of benzene rings is 1. The molecule has 0 unspecified atom stereocenters. The first-order valence-corrected chi connectivity index (χ1v) is 6.10. The Morgan fingerprint density at radius 3 is 2.94 bits per heavy atom. The van der Waals surface area contributed by atoms with Crippen LogP contribution in [0.15, 0.2) is 24.5 Å². The predicted octanol–water partition coefficient (Wildman–Crippen LogP) is 2.70. The number of aldehydes is 1. The fourth-order valence-electron chi connectivity index (χ4n) is 2.52. The van der Waals surface area contributed by atoms with Crippen LogP contribution in [0.2, 0.25) is 0 Å². The molecule has 0 amide bonds. The van der Waals surface area contributed by atoms with E-state index in [4.69, 9.17) is 0 Å². The van der Waals surface area contributed by atoms with E-state index in [0.29, 0.717) is 17.5 Å². The summed E-state index contributed by atoms with van der Waals surface area (Å²) < 4.78 is 15.0. The highest BCUT2D eigenvalue weighted by Gasteiger charge is 2.17. The van der Waals surface area contributed by atoms with Crippen molar-refractivity contribution in [3.05, 3.63) is 47.3 Å². The summed E-state index contributed by atoms with van der Waals surface area (Å²) in [7, 11) is 0. The Morgan fingerprint density at radius 1 is 1.28 bits per heavy atom. The third-order valence-corrected chi connectivity index (χ3v) is 3.41. The van der Waals surface area contributed by atoms with Crippen molar-refractivity contribution in [1.29, 1.82) is 0 Å². The van der Waals surface area contributed by atoms with Crippen LogP contribution in [0.4, 0.5) is 4.39 Å². The minimum absolute atomic E-state index is 0.362. The minimum atomic E-state index is -0.394. The predicted molar refractivity (Wildman–Crippen MR) is 65.6 cm³/mol. The van der Waals surface area contributed by atoms with Crippen molar-refractivity contribution in [2.45, 2.75) is 25.7 Å². The lowest BCUT2D eigenvalue weighted by Gasteiger charge is -2.15. The molecule has 0 fully saturated rings. The highest BCUT2D eigenvalue weighted by molar-refractivity contribution is 5.81. The van der Waals surface area contributed by atoms with Crippen LogP contribution >= 0.6 is 0 Å². The molecule has 0 saturated heterocycles. The maximum absolute atomic E-state index is 13.1. The maximum atomic E-state index is 13.1. The summed E-state index contributed by atoms with van der Waals surface area (Å²) in [5, 5.41) is 0. The van der Waals surface area contributed by atoms with Gasteiger partial charge in [0.1, 0.15) is 5.82 Å². The number of halogens is 1. The molecule has 0 saturated carbocycles. The molecule has 0 aliphatic heterocycles. The lowest BCUT2D eigenvalue weighted by molar-refractivity contribution is 0.112. The normalized spacial score (nSPS) is 14.3. The van der Waals surface area contributed by atoms with Gasteiger partial charge in [0, 0.05) is 11.3 Å². The van der Waals surface area contributed by atoms with Gasteiger partial charge in [-0.05, 0) is 43.9 Å². The first-order valence-electron chi connectivity index (χ1n) is 6.10. The van der Waals surface area contributed by atoms with Gasteiger partial charge in [-0.2, -0.15) is 0 Å². The number of carbonyl (C=O) groups is 1. The molecule has 4 heteroatoms. The summed E-state index contributed by atoms with van der Waals surface area (Å²) in [5.41, 5.74) is 3.32. The highest BCUT2D eigenvalue weighted by atomic mass is 19.1. The summed E-state index contributed by atoms with van der Waals surface area (Å²) in [4.78, 5) is 15.4. The fourth-order valence-corrected chi connectivity index (χ4v) is 2.52. The average Bonchev–Trinajstić information content (AvgIpc) is 2.82. The Hall–Kier alpha value is -1.97. The maximum Gasteiger partial charge on any atom is 0.152 e. The molecule has 0 N–H and O–H groups in total. The topological polar surface area (TPSA) is 34.9 Å². The Morgan fingerprint density at radius 2 is 2.11 bits per heavy atom. The Bertz CT molecular complexity index is 604. The highest BCUT2D eigenvalue weighted by Crippen LogP contribution is 2.24. The summed E-state index contributed by atoms with van der Waals surface area (Å²) in [6.07, 6.45) is 6.67. The van der Waals surface area contributed by atoms with Gasteiger partial charge in [0.15, 0.2) is 6.29 Å². The van der Waals surface area contributed by atoms with E-state index in [1.807, 2.05) is 4.57 Å². The lowest BCUT2D eigenvalue weighted by Crippen LogP contribution is -2.08. The summed E-state index contributed by atoms with van der Waals surface area (Å²) >= 11 is 0. The van der Waals surface area contributed by atoms with Crippen molar-refractivity contribution in [1.82, 2.24) is 9.55 Å². The van der Waals surface area contributed by atoms with Crippen LogP contribution in [0, 0.1) is 5.82 Å². The minimum Gasteiger partial charge on any atom is -0.302 e. The number of rotatable bonds is 2. The second-order valence-electron chi connectivity index (χ2n) is 4.54. The van der Waals surface area contributed by atoms with Gasteiger partial charge in [0.25, 0.3) is 0 Å². The van der Waals surface area contributed by atoms with Gasteiger partial charge >= 0.3 is 0 Å². The van der Waals surface area contributed by atoms with E-state index in [0.717, 1.165) is 37.1 Å². The summed E-state index contributed by atoms with van der Waals surface area (Å²) in [6.45, 7) is 0. The molecule has 0 radical (unpaired) electrons. The molecular formula is C14H13FN2O. The van der Waals surface area contributed by atoms with Gasteiger partial charge < -0.3 is 4.57 Å². The van der Waals surface area contributed by atoms with Crippen LogP contribution < -0.4 is 0 Å². The molecule has 0 spiro atoms. The number of aromatic nitrogens is 2. The van der Waals surface area contributed by atoms with E-state index in [-0.39, 0.29) is 0 Å². The van der Waals surface area contributed by atoms with Crippen molar-refractivity contribution in [2.75, 3.05) is 0 Å². The van der Waals surface area contributed by atoms with Gasteiger partial charge in [-0.1, -0.05) is 0 Å². The molecule has 92 valence electrons. The van der Waals surface area contributed by atoms with Crippen molar-refractivity contribution < 1.29 is 9.18 Å². The van der Waals surface area contributed by atoms with Crippen molar-refractivity contribution in [3.8, 4) is 5.69 Å². The molecule has 1 aliphatic carbocycles. The van der Waals surface area contributed by atoms with E-state index in [2.05, 4.69) is 4.98 Å². The number of hydrogen-bond acceptors (Lipinski definition) is 2. The first kappa shape index (κ1) is 11.1.